The highest BCUT2D eigenvalue weighted by atomic mass is 16.2. The molecule has 2 heterocycles. The maximum atomic E-state index is 13.3. The first kappa shape index (κ1) is 18.0. The van der Waals surface area contributed by atoms with Crippen LogP contribution in [0, 0.1) is 6.92 Å². The van der Waals surface area contributed by atoms with Gasteiger partial charge in [-0.3, -0.25) is 14.8 Å². The molecule has 3 rings (SSSR count). The summed E-state index contributed by atoms with van der Waals surface area (Å²) in [7, 11) is 4.02. The molecule has 1 aromatic carbocycles. The standard InChI is InChI=1S/C21H24N4O/c1-16-9-10-18-7-4-8-19(20(18)23-16)21(26)25(13-12-24(2)3)15-17-6-5-11-22-14-17/h4-11,14H,12-13,15H2,1-3H3. The van der Waals surface area contributed by atoms with E-state index >= 15 is 0 Å². The highest BCUT2D eigenvalue weighted by Gasteiger charge is 2.19. The van der Waals surface area contributed by atoms with E-state index in [1.807, 2.05) is 68.4 Å². The van der Waals surface area contributed by atoms with E-state index in [2.05, 4.69) is 14.9 Å². The third-order valence-electron chi connectivity index (χ3n) is 4.29. The molecule has 0 bridgehead atoms. The quantitative estimate of drug-likeness (QED) is 0.687. The summed E-state index contributed by atoms with van der Waals surface area (Å²) >= 11 is 0. The van der Waals surface area contributed by atoms with E-state index in [0.29, 0.717) is 18.7 Å². The van der Waals surface area contributed by atoms with Crippen molar-refractivity contribution in [3.05, 3.63) is 71.7 Å². The zero-order valence-electron chi connectivity index (χ0n) is 15.5. The van der Waals surface area contributed by atoms with Gasteiger partial charge in [0.2, 0.25) is 0 Å². The molecule has 134 valence electrons. The predicted octanol–water partition coefficient (Wildman–Crippen LogP) is 3.14. The van der Waals surface area contributed by atoms with Crippen LogP contribution in [0.3, 0.4) is 0 Å². The van der Waals surface area contributed by atoms with Crippen molar-refractivity contribution in [3.8, 4) is 0 Å². The minimum absolute atomic E-state index is 0.000553. The number of rotatable bonds is 6. The van der Waals surface area contributed by atoms with Crippen LogP contribution in [0.2, 0.25) is 0 Å². The summed E-state index contributed by atoms with van der Waals surface area (Å²) in [6.07, 6.45) is 3.55. The van der Waals surface area contributed by atoms with E-state index in [1.54, 1.807) is 12.4 Å². The van der Waals surface area contributed by atoms with Gasteiger partial charge >= 0.3 is 0 Å². The van der Waals surface area contributed by atoms with Gasteiger partial charge in [-0.15, -0.1) is 0 Å². The molecule has 26 heavy (non-hydrogen) atoms. The molecule has 0 saturated heterocycles. The zero-order chi connectivity index (χ0) is 18.5. The number of fused-ring (bicyclic) bond motifs is 1. The third kappa shape index (κ3) is 4.24. The fraction of sp³-hybridized carbons (Fsp3) is 0.286. The van der Waals surface area contributed by atoms with E-state index in [0.717, 1.165) is 28.7 Å². The number of likely N-dealkylation sites (N-methyl/N-ethyl adjacent to an activating group) is 1. The highest BCUT2D eigenvalue weighted by molar-refractivity contribution is 6.05. The Morgan fingerprint density at radius 2 is 1.88 bits per heavy atom. The summed E-state index contributed by atoms with van der Waals surface area (Å²) in [5.41, 5.74) is 3.33. The van der Waals surface area contributed by atoms with Crippen LogP contribution in [-0.4, -0.2) is 52.9 Å². The van der Waals surface area contributed by atoms with Gasteiger partial charge < -0.3 is 9.80 Å². The molecule has 5 nitrogen and oxygen atoms in total. The number of hydrogen-bond donors (Lipinski definition) is 0. The van der Waals surface area contributed by atoms with Gasteiger partial charge in [-0.05, 0) is 44.8 Å². The van der Waals surface area contributed by atoms with Crippen molar-refractivity contribution >= 4 is 16.8 Å². The molecule has 1 amide bonds. The summed E-state index contributed by atoms with van der Waals surface area (Å²) in [5.74, 6) is -0.000553. The average Bonchev–Trinajstić information content (AvgIpc) is 2.64. The SMILES string of the molecule is Cc1ccc2cccc(C(=O)N(CCN(C)C)Cc3cccnc3)c2n1. The Bertz CT molecular complexity index is 893. The number of hydrogen-bond acceptors (Lipinski definition) is 4. The lowest BCUT2D eigenvalue weighted by molar-refractivity contribution is 0.0733. The Balaban J connectivity index is 1.95. The Labute approximate surface area is 154 Å². The molecule has 0 unspecified atom stereocenters. The highest BCUT2D eigenvalue weighted by Crippen LogP contribution is 2.20. The third-order valence-corrected chi connectivity index (χ3v) is 4.29. The lowest BCUT2D eigenvalue weighted by atomic mass is 10.1. The van der Waals surface area contributed by atoms with Crippen LogP contribution in [-0.2, 0) is 6.54 Å². The van der Waals surface area contributed by atoms with E-state index in [-0.39, 0.29) is 5.91 Å². The van der Waals surface area contributed by atoms with Crippen molar-refractivity contribution in [1.82, 2.24) is 19.8 Å². The molecule has 5 heteroatoms. The first-order chi connectivity index (χ1) is 12.5. The number of pyridine rings is 2. The van der Waals surface area contributed by atoms with Crippen LogP contribution in [0.1, 0.15) is 21.6 Å². The molecule has 0 aliphatic carbocycles. The monoisotopic (exact) mass is 348 g/mol. The van der Waals surface area contributed by atoms with E-state index < -0.39 is 0 Å². The number of aromatic nitrogens is 2. The van der Waals surface area contributed by atoms with Crippen LogP contribution < -0.4 is 0 Å². The normalized spacial score (nSPS) is 11.1. The molecule has 0 spiro atoms. The molecule has 0 fully saturated rings. The van der Waals surface area contributed by atoms with E-state index in [1.165, 1.54) is 0 Å². The van der Waals surface area contributed by atoms with Crippen LogP contribution in [0.4, 0.5) is 0 Å². The fourth-order valence-electron chi connectivity index (χ4n) is 2.87. The van der Waals surface area contributed by atoms with E-state index in [9.17, 15) is 4.79 Å². The molecule has 0 aliphatic rings. The van der Waals surface area contributed by atoms with Crippen molar-refractivity contribution in [2.45, 2.75) is 13.5 Å². The average molecular weight is 348 g/mol. The van der Waals surface area contributed by atoms with Crippen molar-refractivity contribution in [2.24, 2.45) is 0 Å². The van der Waals surface area contributed by atoms with Crippen molar-refractivity contribution in [2.75, 3.05) is 27.2 Å². The van der Waals surface area contributed by atoms with Crippen molar-refractivity contribution < 1.29 is 4.79 Å². The smallest absolute Gasteiger partial charge is 0.256 e. The first-order valence-corrected chi connectivity index (χ1v) is 8.74. The van der Waals surface area contributed by atoms with Crippen LogP contribution in [0.15, 0.2) is 54.9 Å². The number of benzene rings is 1. The topological polar surface area (TPSA) is 49.3 Å². The second-order valence-corrected chi connectivity index (χ2v) is 6.72. The molecule has 0 N–H and O–H groups in total. The van der Waals surface area contributed by atoms with Gasteiger partial charge in [0.15, 0.2) is 0 Å². The number of nitrogens with zero attached hydrogens (tertiary/aromatic N) is 4. The molecule has 3 aromatic rings. The Kier molecular flexibility index (Phi) is 5.58. The molecule has 0 radical (unpaired) electrons. The summed E-state index contributed by atoms with van der Waals surface area (Å²) < 4.78 is 0. The van der Waals surface area contributed by atoms with Crippen LogP contribution in [0.25, 0.3) is 10.9 Å². The summed E-state index contributed by atoms with van der Waals surface area (Å²) in [4.78, 5) is 26.1. The maximum absolute atomic E-state index is 13.3. The lowest BCUT2D eigenvalue weighted by Crippen LogP contribution is -2.36. The van der Waals surface area contributed by atoms with E-state index in [4.69, 9.17) is 0 Å². The van der Waals surface area contributed by atoms with Crippen LogP contribution >= 0.6 is 0 Å². The molecular formula is C21H24N4O. The summed E-state index contributed by atoms with van der Waals surface area (Å²) in [6, 6.07) is 13.6. The number of aryl methyl sites for hydroxylation is 1. The lowest BCUT2D eigenvalue weighted by Gasteiger charge is -2.25. The molecule has 2 aromatic heterocycles. The number of carbonyl (C=O) groups is 1. The minimum Gasteiger partial charge on any atom is -0.333 e. The molecule has 0 aliphatic heterocycles. The fourth-order valence-corrected chi connectivity index (χ4v) is 2.87. The summed E-state index contributed by atoms with van der Waals surface area (Å²) in [5, 5.41) is 0.982. The zero-order valence-corrected chi connectivity index (χ0v) is 15.5. The predicted molar refractivity (Wildman–Crippen MR) is 104 cm³/mol. The molecule has 0 saturated carbocycles. The second kappa shape index (κ2) is 8.06. The number of carbonyl (C=O) groups excluding carboxylic acids is 1. The van der Waals surface area contributed by atoms with Crippen LogP contribution in [0.5, 0.6) is 0 Å². The van der Waals surface area contributed by atoms with Gasteiger partial charge in [0.1, 0.15) is 0 Å². The first-order valence-electron chi connectivity index (χ1n) is 8.74. The summed E-state index contributed by atoms with van der Waals surface area (Å²) in [6.45, 7) is 3.91. The Morgan fingerprint density at radius 1 is 1.04 bits per heavy atom. The molecule has 0 atom stereocenters. The number of amides is 1. The van der Waals surface area contributed by atoms with Crippen molar-refractivity contribution in [1.29, 1.82) is 0 Å². The number of para-hydroxylation sites is 1. The largest absolute Gasteiger partial charge is 0.333 e. The Hall–Kier alpha value is -2.79. The van der Waals surface area contributed by atoms with Gasteiger partial charge in [-0.1, -0.05) is 24.3 Å². The van der Waals surface area contributed by atoms with Gasteiger partial charge in [0.05, 0.1) is 11.1 Å². The molecular weight excluding hydrogens is 324 g/mol. The van der Waals surface area contributed by atoms with Gasteiger partial charge in [0, 0.05) is 43.1 Å². The van der Waals surface area contributed by atoms with Gasteiger partial charge in [-0.2, -0.15) is 0 Å². The van der Waals surface area contributed by atoms with Gasteiger partial charge in [0.25, 0.3) is 5.91 Å². The maximum Gasteiger partial charge on any atom is 0.256 e. The minimum atomic E-state index is -0.000553. The second-order valence-electron chi connectivity index (χ2n) is 6.72. The van der Waals surface area contributed by atoms with Gasteiger partial charge in [-0.25, -0.2) is 0 Å². The Morgan fingerprint density at radius 3 is 2.62 bits per heavy atom. The van der Waals surface area contributed by atoms with Crippen molar-refractivity contribution in [3.63, 3.8) is 0 Å².